The Labute approximate surface area is 128 Å². The number of aromatic nitrogens is 2. The summed E-state index contributed by atoms with van der Waals surface area (Å²) in [5, 5.41) is 0. The minimum absolute atomic E-state index is 0.141. The van der Waals surface area contributed by atoms with Crippen molar-refractivity contribution in [3.8, 4) is 23.1 Å². The summed E-state index contributed by atoms with van der Waals surface area (Å²) in [6.07, 6.45) is 1.58. The van der Waals surface area contributed by atoms with E-state index in [2.05, 4.69) is 32.6 Å². The second-order valence-electron chi connectivity index (χ2n) is 3.94. The van der Waals surface area contributed by atoms with Crippen molar-refractivity contribution in [2.75, 3.05) is 5.73 Å². The summed E-state index contributed by atoms with van der Waals surface area (Å²) in [4.78, 5) is 8.34. The van der Waals surface area contributed by atoms with Crippen LogP contribution in [0.25, 0.3) is 11.5 Å². The molecule has 3 rings (SSSR count). The fraction of sp³-hybridized carbons (Fsp3) is 0. The molecule has 1 aromatic carbocycles. The molecular weight excluding hydrogens is 369 g/mol. The number of halogens is 1. The topological polar surface area (TPSA) is 74.2 Å². The van der Waals surface area contributed by atoms with E-state index in [1.54, 1.807) is 12.3 Å². The van der Waals surface area contributed by atoms with Gasteiger partial charge in [-0.3, -0.25) is 0 Å². The highest BCUT2D eigenvalue weighted by Crippen LogP contribution is 2.32. The Hall–Kier alpha value is -2.09. The fourth-order valence-electron chi connectivity index (χ4n) is 1.69. The fourth-order valence-corrected chi connectivity index (χ4v) is 2.30. The van der Waals surface area contributed by atoms with Gasteiger partial charge in [-0.1, -0.05) is 18.2 Å². The molecule has 6 heteroatoms. The zero-order valence-corrected chi connectivity index (χ0v) is 12.4. The van der Waals surface area contributed by atoms with Crippen LogP contribution in [0.1, 0.15) is 0 Å². The number of benzene rings is 1. The summed E-state index contributed by atoms with van der Waals surface area (Å²) in [6, 6.07) is 13.0. The van der Waals surface area contributed by atoms with Crippen LogP contribution in [-0.4, -0.2) is 9.97 Å². The molecule has 2 heterocycles. The van der Waals surface area contributed by atoms with Crippen LogP contribution >= 0.6 is 22.6 Å². The lowest BCUT2D eigenvalue weighted by Crippen LogP contribution is -2.02. The third-order valence-corrected chi connectivity index (χ3v) is 3.52. The molecule has 0 bridgehead atoms. The largest absolute Gasteiger partial charge is 0.463 e. The molecule has 100 valence electrons. The van der Waals surface area contributed by atoms with Crippen LogP contribution in [0.5, 0.6) is 11.6 Å². The maximum absolute atomic E-state index is 5.75. The Kier molecular flexibility index (Phi) is 3.55. The average Bonchev–Trinajstić information content (AvgIpc) is 2.97. The van der Waals surface area contributed by atoms with Gasteiger partial charge in [0, 0.05) is 0 Å². The second-order valence-corrected chi connectivity index (χ2v) is 5.02. The lowest BCUT2D eigenvalue weighted by Gasteiger charge is -2.09. The zero-order chi connectivity index (χ0) is 13.9. The number of nitrogen functional groups attached to an aromatic ring is 1. The molecule has 0 spiro atoms. The second kappa shape index (κ2) is 5.49. The zero-order valence-electron chi connectivity index (χ0n) is 10.3. The van der Waals surface area contributed by atoms with Gasteiger partial charge in [0.1, 0.15) is 15.0 Å². The molecule has 0 aliphatic rings. The van der Waals surface area contributed by atoms with E-state index in [9.17, 15) is 0 Å². The van der Waals surface area contributed by atoms with Gasteiger partial charge in [0.25, 0.3) is 0 Å². The first-order chi connectivity index (χ1) is 9.74. The van der Waals surface area contributed by atoms with Gasteiger partial charge in [0.2, 0.25) is 11.8 Å². The van der Waals surface area contributed by atoms with Crippen molar-refractivity contribution in [2.24, 2.45) is 0 Å². The van der Waals surface area contributed by atoms with Crippen molar-refractivity contribution in [1.82, 2.24) is 9.97 Å². The highest BCUT2D eigenvalue weighted by molar-refractivity contribution is 14.1. The van der Waals surface area contributed by atoms with Gasteiger partial charge in [0.05, 0.1) is 6.26 Å². The number of anilines is 1. The summed E-state index contributed by atoms with van der Waals surface area (Å²) in [5.41, 5.74) is 6.36. The highest BCUT2D eigenvalue weighted by atomic mass is 127. The van der Waals surface area contributed by atoms with Crippen LogP contribution in [0.4, 0.5) is 5.95 Å². The van der Waals surface area contributed by atoms with E-state index < -0.39 is 0 Å². The standard InChI is InChI=1S/C14H10IN3O2/c15-11-12(10-7-4-8-19-10)17-14(16)18-13(11)20-9-5-2-1-3-6-9/h1-8H,(H2,16,17,18). The van der Waals surface area contributed by atoms with Gasteiger partial charge in [-0.2, -0.15) is 4.98 Å². The van der Waals surface area contributed by atoms with Gasteiger partial charge >= 0.3 is 0 Å². The minimum Gasteiger partial charge on any atom is -0.463 e. The predicted octanol–water partition coefficient (Wildman–Crippen LogP) is 3.72. The van der Waals surface area contributed by atoms with Crippen molar-refractivity contribution in [1.29, 1.82) is 0 Å². The third-order valence-electron chi connectivity index (χ3n) is 2.55. The number of hydrogen-bond acceptors (Lipinski definition) is 5. The quantitative estimate of drug-likeness (QED) is 0.703. The van der Waals surface area contributed by atoms with Crippen LogP contribution in [0, 0.1) is 3.57 Å². The van der Waals surface area contributed by atoms with E-state index in [1.807, 2.05) is 36.4 Å². The van der Waals surface area contributed by atoms with Crippen LogP contribution < -0.4 is 10.5 Å². The molecule has 0 radical (unpaired) electrons. The molecule has 20 heavy (non-hydrogen) atoms. The monoisotopic (exact) mass is 379 g/mol. The number of ether oxygens (including phenoxy) is 1. The summed E-state index contributed by atoms with van der Waals surface area (Å²) >= 11 is 2.12. The van der Waals surface area contributed by atoms with Crippen molar-refractivity contribution in [2.45, 2.75) is 0 Å². The highest BCUT2D eigenvalue weighted by Gasteiger charge is 2.16. The first-order valence-corrected chi connectivity index (χ1v) is 6.91. The van der Waals surface area contributed by atoms with E-state index in [4.69, 9.17) is 14.9 Å². The van der Waals surface area contributed by atoms with Gasteiger partial charge in [-0.25, -0.2) is 4.98 Å². The molecule has 0 atom stereocenters. The van der Waals surface area contributed by atoms with Gasteiger partial charge < -0.3 is 14.9 Å². The third kappa shape index (κ3) is 2.60. The van der Waals surface area contributed by atoms with Crippen molar-refractivity contribution in [3.05, 3.63) is 52.3 Å². The normalized spacial score (nSPS) is 10.4. The predicted molar refractivity (Wildman–Crippen MR) is 83.4 cm³/mol. The van der Waals surface area contributed by atoms with Gasteiger partial charge in [-0.05, 0) is 46.9 Å². The van der Waals surface area contributed by atoms with Crippen LogP contribution in [0.3, 0.4) is 0 Å². The number of para-hydroxylation sites is 1. The Balaban J connectivity index is 2.04. The lowest BCUT2D eigenvalue weighted by atomic mass is 10.3. The summed E-state index contributed by atoms with van der Waals surface area (Å²) in [5.74, 6) is 1.87. The Bertz CT molecular complexity index is 715. The van der Waals surface area contributed by atoms with Crippen LogP contribution in [0.2, 0.25) is 0 Å². The Morgan fingerprint density at radius 2 is 1.85 bits per heavy atom. The van der Waals surface area contributed by atoms with Crippen molar-refractivity contribution >= 4 is 28.5 Å². The molecule has 0 aliphatic heterocycles. The molecule has 0 fully saturated rings. The molecule has 0 saturated carbocycles. The molecular formula is C14H10IN3O2. The van der Waals surface area contributed by atoms with Gasteiger partial charge in [-0.15, -0.1) is 0 Å². The number of nitrogens with zero attached hydrogens (tertiary/aromatic N) is 2. The van der Waals surface area contributed by atoms with Crippen LogP contribution in [0.15, 0.2) is 53.1 Å². The molecule has 2 aromatic heterocycles. The van der Waals surface area contributed by atoms with E-state index in [1.165, 1.54) is 0 Å². The lowest BCUT2D eigenvalue weighted by molar-refractivity contribution is 0.458. The summed E-state index contributed by atoms with van der Waals surface area (Å²) in [6.45, 7) is 0. The summed E-state index contributed by atoms with van der Waals surface area (Å²) in [7, 11) is 0. The van der Waals surface area contributed by atoms with Gasteiger partial charge in [0.15, 0.2) is 5.76 Å². The number of furan rings is 1. The Morgan fingerprint density at radius 3 is 2.55 bits per heavy atom. The van der Waals surface area contributed by atoms with E-state index in [0.29, 0.717) is 23.1 Å². The van der Waals surface area contributed by atoms with E-state index in [0.717, 1.165) is 3.57 Å². The van der Waals surface area contributed by atoms with Crippen LogP contribution in [-0.2, 0) is 0 Å². The average molecular weight is 379 g/mol. The smallest absolute Gasteiger partial charge is 0.238 e. The molecule has 0 unspecified atom stereocenters. The molecule has 0 saturated heterocycles. The van der Waals surface area contributed by atoms with E-state index in [-0.39, 0.29) is 5.95 Å². The van der Waals surface area contributed by atoms with Crippen molar-refractivity contribution < 1.29 is 9.15 Å². The first-order valence-electron chi connectivity index (χ1n) is 5.84. The maximum Gasteiger partial charge on any atom is 0.238 e. The van der Waals surface area contributed by atoms with E-state index >= 15 is 0 Å². The minimum atomic E-state index is 0.141. The Morgan fingerprint density at radius 1 is 1.05 bits per heavy atom. The number of rotatable bonds is 3. The molecule has 0 amide bonds. The first kappa shape index (κ1) is 12.9. The SMILES string of the molecule is Nc1nc(Oc2ccccc2)c(I)c(-c2ccco2)n1. The van der Waals surface area contributed by atoms with Crippen molar-refractivity contribution in [3.63, 3.8) is 0 Å². The number of nitrogens with two attached hydrogens (primary N) is 1. The molecule has 2 N–H and O–H groups in total. The maximum atomic E-state index is 5.75. The molecule has 0 aliphatic carbocycles. The molecule has 5 nitrogen and oxygen atoms in total. The number of hydrogen-bond donors (Lipinski definition) is 1. The summed E-state index contributed by atoms with van der Waals surface area (Å²) < 4.78 is 11.8. The molecule has 3 aromatic rings.